The third kappa shape index (κ3) is 3.82. The fourth-order valence-corrected chi connectivity index (χ4v) is 3.62. The molecule has 0 aromatic carbocycles. The molecule has 146 valence electrons. The summed E-state index contributed by atoms with van der Waals surface area (Å²) >= 11 is 0. The normalized spacial score (nSPS) is 26.0. The Bertz CT molecular complexity index is 707. The second-order valence-electron chi connectivity index (χ2n) is 6.34. The average molecular weight is 394 g/mol. The Hall–Kier alpha value is -2.16. The summed E-state index contributed by atoms with van der Waals surface area (Å²) in [6, 6.07) is -2.27. The molecule has 4 amide bonds. The highest BCUT2D eigenvalue weighted by molar-refractivity contribution is 7.80. The Morgan fingerprint density at radius 2 is 1.92 bits per heavy atom. The van der Waals surface area contributed by atoms with Gasteiger partial charge in [-0.2, -0.15) is 13.5 Å². The third-order valence-corrected chi connectivity index (χ3v) is 4.87. The highest BCUT2D eigenvalue weighted by Gasteiger charge is 2.49. The maximum absolute atomic E-state index is 12.2. The molecule has 0 radical (unpaired) electrons. The summed E-state index contributed by atoms with van der Waals surface area (Å²) in [6.07, 6.45) is -0.426. The largest absolute Gasteiger partial charge is 0.465 e. The zero-order chi connectivity index (χ0) is 19.1. The van der Waals surface area contributed by atoms with Crippen molar-refractivity contribution in [2.75, 3.05) is 26.2 Å². The molecule has 13 nitrogen and oxygen atoms in total. The SMILES string of the molecule is O=C(NOCC1CN(C(=O)O)C1)[C@@H]1CC[C@@H]2CN1C(=O)N2OS(=O)(=O)O. The summed E-state index contributed by atoms with van der Waals surface area (Å²) < 4.78 is 34.7. The molecule has 0 spiro atoms. The van der Waals surface area contributed by atoms with Crippen LogP contribution in [-0.2, 0) is 24.3 Å². The van der Waals surface area contributed by atoms with E-state index in [1.807, 2.05) is 0 Å². The van der Waals surface area contributed by atoms with Crippen molar-refractivity contribution in [3.8, 4) is 0 Å². The van der Waals surface area contributed by atoms with Gasteiger partial charge >= 0.3 is 22.5 Å². The van der Waals surface area contributed by atoms with Crippen molar-refractivity contribution < 1.29 is 41.6 Å². The van der Waals surface area contributed by atoms with Gasteiger partial charge in [0.25, 0.3) is 5.91 Å². The predicted octanol–water partition coefficient (Wildman–Crippen LogP) is -1.35. The number of piperidine rings is 1. The van der Waals surface area contributed by atoms with Crippen LogP contribution in [0.1, 0.15) is 12.8 Å². The Kier molecular flexibility index (Phi) is 4.92. The van der Waals surface area contributed by atoms with Gasteiger partial charge in [-0.3, -0.25) is 14.2 Å². The van der Waals surface area contributed by atoms with Crippen LogP contribution >= 0.6 is 0 Å². The Morgan fingerprint density at radius 3 is 2.54 bits per heavy atom. The van der Waals surface area contributed by atoms with Crippen molar-refractivity contribution in [1.29, 1.82) is 0 Å². The quantitative estimate of drug-likeness (QED) is 0.364. The van der Waals surface area contributed by atoms with Crippen LogP contribution < -0.4 is 5.48 Å². The molecule has 14 heteroatoms. The second-order valence-corrected chi connectivity index (χ2v) is 7.35. The average Bonchev–Trinajstić information content (AvgIpc) is 2.72. The number of likely N-dealkylation sites (tertiary alicyclic amines) is 1. The van der Waals surface area contributed by atoms with Gasteiger partial charge in [-0.15, -0.1) is 4.28 Å². The zero-order valence-electron chi connectivity index (χ0n) is 13.5. The molecular weight excluding hydrogens is 376 g/mol. The van der Waals surface area contributed by atoms with Crippen LogP contribution in [0.5, 0.6) is 0 Å². The number of fused-ring (bicyclic) bond motifs is 2. The Morgan fingerprint density at radius 1 is 1.23 bits per heavy atom. The van der Waals surface area contributed by atoms with E-state index in [1.54, 1.807) is 0 Å². The lowest BCUT2D eigenvalue weighted by molar-refractivity contribution is -0.141. The maximum atomic E-state index is 12.2. The number of hydrogen-bond acceptors (Lipinski definition) is 7. The number of nitrogens with one attached hydrogen (secondary N) is 1. The van der Waals surface area contributed by atoms with E-state index >= 15 is 0 Å². The molecule has 2 bridgehead atoms. The molecule has 0 unspecified atom stereocenters. The Labute approximate surface area is 148 Å². The van der Waals surface area contributed by atoms with E-state index in [-0.39, 0.29) is 25.5 Å². The molecule has 3 saturated heterocycles. The van der Waals surface area contributed by atoms with Crippen molar-refractivity contribution >= 4 is 28.4 Å². The molecule has 2 atom stereocenters. The molecule has 0 aromatic heterocycles. The van der Waals surface area contributed by atoms with Crippen molar-refractivity contribution in [3.05, 3.63) is 0 Å². The first kappa shape index (κ1) is 18.6. The number of nitrogens with zero attached hydrogens (tertiary/aromatic N) is 3. The first-order chi connectivity index (χ1) is 12.2. The maximum Gasteiger partial charge on any atom is 0.418 e. The van der Waals surface area contributed by atoms with Crippen molar-refractivity contribution in [2.45, 2.75) is 24.9 Å². The van der Waals surface area contributed by atoms with Gasteiger partial charge in [0.1, 0.15) is 6.04 Å². The first-order valence-electron chi connectivity index (χ1n) is 7.82. The monoisotopic (exact) mass is 394 g/mol. The van der Waals surface area contributed by atoms with Crippen LogP contribution in [0.4, 0.5) is 9.59 Å². The van der Waals surface area contributed by atoms with Crippen LogP contribution in [0.2, 0.25) is 0 Å². The molecule has 0 saturated carbocycles. The number of rotatable bonds is 6. The topological polar surface area (TPSA) is 166 Å². The van der Waals surface area contributed by atoms with Crippen LogP contribution in [0.15, 0.2) is 0 Å². The molecule has 3 fully saturated rings. The molecule has 3 N–H and O–H groups in total. The van der Waals surface area contributed by atoms with E-state index in [9.17, 15) is 22.8 Å². The molecule has 0 aromatic rings. The van der Waals surface area contributed by atoms with E-state index in [4.69, 9.17) is 14.5 Å². The smallest absolute Gasteiger partial charge is 0.418 e. The van der Waals surface area contributed by atoms with Crippen LogP contribution in [0.25, 0.3) is 0 Å². The molecule has 26 heavy (non-hydrogen) atoms. The number of amides is 4. The van der Waals surface area contributed by atoms with E-state index in [0.29, 0.717) is 24.6 Å². The summed E-state index contributed by atoms with van der Waals surface area (Å²) in [6.45, 7) is 0.866. The van der Waals surface area contributed by atoms with Gasteiger partial charge in [0.05, 0.1) is 12.6 Å². The zero-order valence-corrected chi connectivity index (χ0v) is 14.3. The number of carbonyl (C=O) groups is 3. The molecular formula is C12H18N4O9S. The standard InChI is InChI=1S/C12H18N4O9S/c17-10(13-24-6-7-3-14(4-7)12(19)20)9-2-1-8-5-15(9)11(18)16(8)25-26(21,22)23/h7-9H,1-6H2,(H,13,17)(H,19,20)(H,21,22,23)/t8-,9+/m1/s1. The summed E-state index contributed by atoms with van der Waals surface area (Å²) in [5.74, 6) is -0.589. The van der Waals surface area contributed by atoms with Gasteiger partial charge in [0, 0.05) is 25.6 Å². The lowest BCUT2D eigenvalue weighted by Crippen LogP contribution is -2.53. The highest BCUT2D eigenvalue weighted by Crippen LogP contribution is 2.30. The number of hydroxylamine groups is 3. The van der Waals surface area contributed by atoms with Crippen LogP contribution in [0, 0.1) is 5.92 Å². The minimum atomic E-state index is -4.84. The lowest BCUT2D eigenvalue weighted by atomic mass is 10.0. The first-order valence-corrected chi connectivity index (χ1v) is 9.18. The van der Waals surface area contributed by atoms with Gasteiger partial charge in [-0.1, -0.05) is 0 Å². The number of carbonyl (C=O) groups excluding carboxylic acids is 2. The molecule has 3 aliphatic rings. The van der Waals surface area contributed by atoms with Gasteiger partial charge in [0.2, 0.25) is 0 Å². The minimum absolute atomic E-state index is 0.0193. The van der Waals surface area contributed by atoms with E-state index in [0.717, 1.165) is 4.90 Å². The summed E-state index contributed by atoms with van der Waals surface area (Å²) in [4.78, 5) is 42.5. The van der Waals surface area contributed by atoms with Crippen LogP contribution in [0.3, 0.4) is 0 Å². The lowest BCUT2D eigenvalue weighted by Gasteiger charge is -2.36. The number of carboxylic acid groups (broad SMARTS) is 1. The molecule has 3 aliphatic heterocycles. The van der Waals surface area contributed by atoms with Crippen molar-refractivity contribution in [3.63, 3.8) is 0 Å². The minimum Gasteiger partial charge on any atom is -0.465 e. The Balaban J connectivity index is 1.47. The van der Waals surface area contributed by atoms with Gasteiger partial charge in [0.15, 0.2) is 0 Å². The van der Waals surface area contributed by atoms with E-state index in [1.165, 1.54) is 4.90 Å². The van der Waals surface area contributed by atoms with Crippen LogP contribution in [-0.4, -0.2) is 89.3 Å². The van der Waals surface area contributed by atoms with Gasteiger partial charge in [-0.25, -0.2) is 15.1 Å². The fraction of sp³-hybridized carbons (Fsp3) is 0.750. The summed E-state index contributed by atoms with van der Waals surface area (Å²) in [5.41, 5.74) is 2.24. The predicted molar refractivity (Wildman–Crippen MR) is 80.6 cm³/mol. The van der Waals surface area contributed by atoms with E-state index < -0.39 is 40.5 Å². The molecule has 0 aliphatic carbocycles. The van der Waals surface area contributed by atoms with Crippen molar-refractivity contribution in [1.82, 2.24) is 20.3 Å². The number of urea groups is 1. The second kappa shape index (κ2) is 6.86. The highest BCUT2D eigenvalue weighted by atomic mass is 32.3. The van der Waals surface area contributed by atoms with Gasteiger partial charge < -0.3 is 14.9 Å². The third-order valence-electron chi connectivity index (χ3n) is 4.52. The summed E-state index contributed by atoms with van der Waals surface area (Å²) in [7, 11) is -4.84. The van der Waals surface area contributed by atoms with Gasteiger partial charge in [-0.05, 0) is 12.8 Å². The molecule has 3 heterocycles. The number of hydrogen-bond donors (Lipinski definition) is 3. The van der Waals surface area contributed by atoms with Crippen molar-refractivity contribution in [2.24, 2.45) is 5.92 Å². The van der Waals surface area contributed by atoms with E-state index in [2.05, 4.69) is 9.76 Å². The molecule has 3 rings (SSSR count). The summed E-state index contributed by atoms with van der Waals surface area (Å²) in [5, 5.41) is 9.28. The fourth-order valence-electron chi connectivity index (χ4n) is 3.23.